The third-order valence-corrected chi connectivity index (χ3v) is 4.20. The molecule has 0 unspecified atom stereocenters. The van der Waals surface area contributed by atoms with E-state index in [1.165, 1.54) is 17.4 Å². The minimum absolute atomic E-state index is 0.129. The monoisotopic (exact) mass is 280 g/mol. The second kappa shape index (κ2) is 6.12. The van der Waals surface area contributed by atoms with Crippen molar-refractivity contribution in [3.05, 3.63) is 34.5 Å². The molecule has 2 aromatic rings. The first-order valence-electron chi connectivity index (χ1n) is 6.31. The molecule has 1 aromatic carbocycles. The largest absolute Gasteiger partial charge is 0.350 e. The van der Waals surface area contributed by atoms with E-state index in [2.05, 4.69) is 10.6 Å². The van der Waals surface area contributed by atoms with E-state index in [0.717, 1.165) is 23.4 Å². The Morgan fingerprint density at radius 3 is 2.84 bits per heavy atom. The van der Waals surface area contributed by atoms with Gasteiger partial charge in [-0.15, -0.1) is 11.3 Å². The van der Waals surface area contributed by atoms with Crippen LogP contribution in [0.1, 0.15) is 22.2 Å². The van der Waals surface area contributed by atoms with Crippen LogP contribution in [0.25, 0.3) is 10.1 Å². The summed E-state index contributed by atoms with van der Waals surface area (Å²) in [5.74, 6) is -0.394. The zero-order valence-electron chi connectivity index (χ0n) is 11.0. The van der Waals surface area contributed by atoms with Crippen LogP contribution in [0.4, 0.5) is 4.39 Å². The van der Waals surface area contributed by atoms with Crippen LogP contribution in [-0.4, -0.2) is 25.5 Å². The van der Waals surface area contributed by atoms with E-state index >= 15 is 0 Å². The number of fused-ring (bicyclic) bond motifs is 1. The summed E-state index contributed by atoms with van der Waals surface area (Å²) in [5, 5.41) is 6.54. The molecule has 5 heteroatoms. The van der Waals surface area contributed by atoms with E-state index < -0.39 is 0 Å². The Morgan fingerprint density at radius 2 is 2.16 bits per heavy atom. The molecule has 19 heavy (non-hydrogen) atoms. The number of benzene rings is 1. The maximum absolute atomic E-state index is 13.7. The van der Waals surface area contributed by atoms with E-state index in [4.69, 9.17) is 0 Å². The molecule has 0 saturated carbocycles. The molecule has 0 aliphatic heterocycles. The highest BCUT2D eigenvalue weighted by atomic mass is 32.1. The molecule has 0 spiro atoms. The Morgan fingerprint density at radius 1 is 1.37 bits per heavy atom. The lowest BCUT2D eigenvalue weighted by Crippen LogP contribution is -2.31. The second-order valence-electron chi connectivity index (χ2n) is 4.28. The van der Waals surface area contributed by atoms with Gasteiger partial charge in [-0.2, -0.15) is 0 Å². The van der Waals surface area contributed by atoms with Gasteiger partial charge in [-0.3, -0.25) is 4.79 Å². The molecule has 0 atom stereocenters. The van der Waals surface area contributed by atoms with Crippen molar-refractivity contribution < 1.29 is 9.18 Å². The lowest BCUT2D eigenvalue weighted by molar-refractivity contribution is 0.0957. The van der Waals surface area contributed by atoms with Crippen LogP contribution in [0.5, 0.6) is 0 Å². The molecule has 0 saturated heterocycles. The van der Waals surface area contributed by atoms with Crippen LogP contribution in [0.2, 0.25) is 0 Å². The van der Waals surface area contributed by atoms with Gasteiger partial charge in [0, 0.05) is 23.2 Å². The number of carbonyl (C=O) groups excluding carboxylic acids is 1. The van der Waals surface area contributed by atoms with Crippen molar-refractivity contribution in [3.8, 4) is 0 Å². The standard InChI is InChI=1S/C14H17FN2OS/c1-3-16-7-8-17-14(18)13-9(2)12-10(15)5-4-6-11(12)19-13/h4-6,16H,3,7-8H2,1-2H3,(H,17,18). The highest BCUT2D eigenvalue weighted by Gasteiger charge is 2.17. The van der Waals surface area contributed by atoms with Crippen molar-refractivity contribution in [2.45, 2.75) is 13.8 Å². The summed E-state index contributed by atoms with van der Waals surface area (Å²) < 4.78 is 14.6. The Balaban J connectivity index is 2.18. The lowest BCUT2D eigenvalue weighted by atomic mass is 10.1. The van der Waals surface area contributed by atoms with Crippen molar-refractivity contribution in [3.63, 3.8) is 0 Å². The molecule has 102 valence electrons. The molecule has 2 N–H and O–H groups in total. The highest BCUT2D eigenvalue weighted by Crippen LogP contribution is 2.32. The molecule has 0 aliphatic rings. The first-order chi connectivity index (χ1) is 9.15. The summed E-state index contributed by atoms with van der Waals surface area (Å²) in [6, 6.07) is 4.93. The Labute approximate surface area is 115 Å². The summed E-state index contributed by atoms with van der Waals surface area (Å²) in [6.07, 6.45) is 0. The lowest BCUT2D eigenvalue weighted by Gasteiger charge is -2.04. The molecule has 0 aliphatic carbocycles. The number of carbonyl (C=O) groups is 1. The molecule has 1 heterocycles. The van der Waals surface area contributed by atoms with Crippen LogP contribution in [0.15, 0.2) is 18.2 Å². The SMILES string of the molecule is CCNCCNC(=O)c1sc2cccc(F)c2c1C. The predicted octanol–water partition coefficient (Wildman–Crippen LogP) is 2.69. The van der Waals surface area contributed by atoms with Crippen molar-refractivity contribution in [1.82, 2.24) is 10.6 Å². The van der Waals surface area contributed by atoms with E-state index in [1.807, 2.05) is 13.0 Å². The van der Waals surface area contributed by atoms with Gasteiger partial charge in [-0.25, -0.2) is 4.39 Å². The van der Waals surface area contributed by atoms with E-state index in [0.29, 0.717) is 16.8 Å². The van der Waals surface area contributed by atoms with E-state index in [-0.39, 0.29) is 11.7 Å². The van der Waals surface area contributed by atoms with E-state index in [1.54, 1.807) is 13.0 Å². The Kier molecular flexibility index (Phi) is 4.50. The molecule has 3 nitrogen and oxygen atoms in total. The summed E-state index contributed by atoms with van der Waals surface area (Å²) in [5.41, 5.74) is 0.721. The number of hydrogen-bond donors (Lipinski definition) is 2. The number of halogens is 1. The third kappa shape index (κ3) is 2.93. The molecule has 2 rings (SSSR count). The van der Waals surface area contributed by atoms with Gasteiger partial charge in [0.05, 0.1) is 4.88 Å². The van der Waals surface area contributed by atoms with Crippen LogP contribution in [0.3, 0.4) is 0 Å². The molecule has 0 bridgehead atoms. The molecular formula is C14H17FN2OS. The van der Waals surface area contributed by atoms with Crippen molar-refractivity contribution in [1.29, 1.82) is 0 Å². The fourth-order valence-corrected chi connectivity index (χ4v) is 3.13. The number of amides is 1. The van der Waals surface area contributed by atoms with Gasteiger partial charge in [0.15, 0.2) is 0 Å². The fourth-order valence-electron chi connectivity index (χ4n) is 1.99. The highest BCUT2D eigenvalue weighted by molar-refractivity contribution is 7.21. The van der Waals surface area contributed by atoms with Gasteiger partial charge in [0.2, 0.25) is 0 Å². The molecular weight excluding hydrogens is 263 g/mol. The molecule has 0 fully saturated rings. The topological polar surface area (TPSA) is 41.1 Å². The zero-order valence-corrected chi connectivity index (χ0v) is 11.9. The van der Waals surface area contributed by atoms with Gasteiger partial charge in [-0.05, 0) is 31.2 Å². The quantitative estimate of drug-likeness (QED) is 0.827. The normalized spacial score (nSPS) is 10.9. The number of hydrogen-bond acceptors (Lipinski definition) is 3. The molecule has 1 amide bonds. The number of thiophene rings is 1. The summed E-state index contributed by atoms with van der Waals surface area (Å²) in [7, 11) is 0. The van der Waals surface area contributed by atoms with Gasteiger partial charge < -0.3 is 10.6 Å². The van der Waals surface area contributed by atoms with Crippen LogP contribution >= 0.6 is 11.3 Å². The smallest absolute Gasteiger partial charge is 0.261 e. The fraction of sp³-hybridized carbons (Fsp3) is 0.357. The van der Waals surface area contributed by atoms with Crippen LogP contribution in [-0.2, 0) is 0 Å². The molecule has 1 aromatic heterocycles. The summed E-state index contributed by atoms with van der Waals surface area (Å²) in [4.78, 5) is 12.7. The Hall–Kier alpha value is -1.46. The number of rotatable bonds is 5. The van der Waals surface area contributed by atoms with E-state index in [9.17, 15) is 9.18 Å². The van der Waals surface area contributed by atoms with Crippen molar-refractivity contribution in [2.24, 2.45) is 0 Å². The summed E-state index contributed by atoms with van der Waals surface area (Å²) >= 11 is 1.34. The first kappa shape index (κ1) is 14.0. The van der Waals surface area contributed by atoms with Crippen molar-refractivity contribution >= 4 is 27.3 Å². The van der Waals surface area contributed by atoms with Crippen LogP contribution < -0.4 is 10.6 Å². The molecule has 0 radical (unpaired) electrons. The van der Waals surface area contributed by atoms with Crippen molar-refractivity contribution in [2.75, 3.05) is 19.6 Å². The van der Waals surface area contributed by atoms with Gasteiger partial charge in [0.25, 0.3) is 5.91 Å². The third-order valence-electron chi connectivity index (χ3n) is 2.95. The van der Waals surface area contributed by atoms with Gasteiger partial charge in [0.1, 0.15) is 5.82 Å². The van der Waals surface area contributed by atoms with Gasteiger partial charge >= 0.3 is 0 Å². The maximum atomic E-state index is 13.7. The average Bonchev–Trinajstić information content (AvgIpc) is 2.73. The first-order valence-corrected chi connectivity index (χ1v) is 7.13. The average molecular weight is 280 g/mol. The predicted molar refractivity (Wildman–Crippen MR) is 77.4 cm³/mol. The zero-order chi connectivity index (χ0) is 13.8. The minimum Gasteiger partial charge on any atom is -0.350 e. The summed E-state index contributed by atoms with van der Waals surface area (Å²) in [6.45, 7) is 5.99. The maximum Gasteiger partial charge on any atom is 0.261 e. The Bertz CT molecular complexity index is 594. The minimum atomic E-state index is -0.266. The number of aryl methyl sites for hydroxylation is 1. The van der Waals surface area contributed by atoms with Gasteiger partial charge in [-0.1, -0.05) is 13.0 Å². The van der Waals surface area contributed by atoms with Crippen LogP contribution in [0, 0.1) is 12.7 Å². The number of nitrogens with one attached hydrogen (secondary N) is 2. The second-order valence-corrected chi connectivity index (χ2v) is 5.33. The number of likely N-dealkylation sites (N-methyl/N-ethyl adjacent to an activating group) is 1.